The van der Waals surface area contributed by atoms with E-state index >= 15 is 0 Å². The van der Waals surface area contributed by atoms with E-state index < -0.39 is 23.3 Å². The Labute approximate surface area is 96.5 Å². The molecule has 3 N–H and O–H groups in total. The number of alkyl halides is 3. The Kier molecular flexibility index (Phi) is 2.46. The zero-order valence-corrected chi connectivity index (χ0v) is 8.89. The van der Waals surface area contributed by atoms with E-state index in [1.54, 1.807) is 0 Å². The van der Waals surface area contributed by atoms with E-state index in [4.69, 9.17) is 10.8 Å². The van der Waals surface area contributed by atoms with Crippen molar-refractivity contribution < 1.29 is 23.1 Å². The van der Waals surface area contributed by atoms with Crippen LogP contribution in [0, 0.1) is 0 Å². The van der Waals surface area contributed by atoms with Crippen LogP contribution < -0.4 is 5.73 Å². The van der Waals surface area contributed by atoms with Crippen LogP contribution in [-0.2, 0) is 6.18 Å². The number of aromatic nitrogens is 1. The zero-order chi connectivity index (χ0) is 12.8. The molecule has 1 aromatic heterocycles. The van der Waals surface area contributed by atoms with E-state index in [2.05, 4.69) is 4.98 Å². The Balaban J connectivity index is 2.79. The highest BCUT2D eigenvalue weighted by Crippen LogP contribution is 2.36. The summed E-state index contributed by atoms with van der Waals surface area (Å²) < 4.78 is 38.2. The van der Waals surface area contributed by atoms with Gasteiger partial charge >= 0.3 is 12.1 Å². The lowest BCUT2D eigenvalue weighted by atomic mass is 10.1. The van der Waals surface area contributed by atoms with Gasteiger partial charge in [-0.05, 0) is 12.1 Å². The Morgan fingerprint density at radius 2 is 2.06 bits per heavy atom. The number of hydrogen-bond donors (Lipinski definition) is 2. The van der Waals surface area contributed by atoms with Crippen LogP contribution in [0.1, 0.15) is 15.9 Å². The molecule has 0 aliphatic rings. The van der Waals surface area contributed by atoms with Crippen molar-refractivity contribution in [2.75, 3.05) is 5.73 Å². The van der Waals surface area contributed by atoms with Crippen LogP contribution in [0.5, 0.6) is 0 Å². The summed E-state index contributed by atoms with van der Waals surface area (Å²) >= 11 is 0.939. The molecule has 0 aliphatic carbocycles. The molecule has 90 valence electrons. The van der Waals surface area contributed by atoms with Gasteiger partial charge in [-0.25, -0.2) is 9.78 Å². The molecule has 0 aliphatic heterocycles. The highest BCUT2D eigenvalue weighted by atomic mass is 32.1. The number of carboxylic acid groups (broad SMARTS) is 1. The first-order chi connectivity index (χ1) is 7.79. The Hall–Kier alpha value is -1.83. The topological polar surface area (TPSA) is 76.2 Å². The number of nitrogens with zero attached hydrogens (tertiary/aromatic N) is 1. The smallest absolute Gasteiger partial charge is 0.417 e. The number of halogens is 3. The van der Waals surface area contributed by atoms with Crippen LogP contribution in [0.15, 0.2) is 12.1 Å². The number of benzene rings is 1. The molecule has 0 radical (unpaired) electrons. The molecular weight excluding hydrogens is 257 g/mol. The van der Waals surface area contributed by atoms with Crippen molar-refractivity contribution in [1.29, 1.82) is 0 Å². The summed E-state index contributed by atoms with van der Waals surface area (Å²) in [6.07, 6.45) is -4.74. The summed E-state index contributed by atoms with van der Waals surface area (Å²) in [7, 11) is 0. The molecule has 17 heavy (non-hydrogen) atoms. The molecule has 0 fully saturated rings. The van der Waals surface area contributed by atoms with E-state index in [-0.39, 0.29) is 10.6 Å². The summed E-state index contributed by atoms with van der Waals surface area (Å²) in [5.74, 6) is -1.63. The first-order valence-corrected chi connectivity index (χ1v) is 5.11. The number of carboxylic acids is 1. The van der Waals surface area contributed by atoms with Crippen LogP contribution in [0.2, 0.25) is 0 Å². The number of aromatic carboxylic acids is 1. The van der Waals surface area contributed by atoms with Crippen LogP contribution in [0.4, 0.5) is 18.3 Å². The van der Waals surface area contributed by atoms with Gasteiger partial charge in [-0.1, -0.05) is 11.3 Å². The number of fused-ring (bicyclic) bond motifs is 1. The number of nitrogens with two attached hydrogens (primary N) is 1. The van der Waals surface area contributed by atoms with Crippen molar-refractivity contribution in [1.82, 2.24) is 4.98 Å². The maximum Gasteiger partial charge on any atom is 0.417 e. The molecular formula is C9H5F3N2O2S. The van der Waals surface area contributed by atoms with Gasteiger partial charge in [-0.3, -0.25) is 0 Å². The molecule has 0 amide bonds. The average Bonchev–Trinajstić information content (AvgIpc) is 2.53. The van der Waals surface area contributed by atoms with Gasteiger partial charge in [-0.2, -0.15) is 13.2 Å². The number of rotatable bonds is 1. The van der Waals surface area contributed by atoms with Crippen LogP contribution in [0.3, 0.4) is 0 Å². The van der Waals surface area contributed by atoms with Crippen molar-refractivity contribution in [2.24, 2.45) is 0 Å². The summed E-state index contributed by atoms with van der Waals surface area (Å²) in [6.45, 7) is 0. The molecule has 1 heterocycles. The zero-order valence-electron chi connectivity index (χ0n) is 8.08. The van der Waals surface area contributed by atoms with E-state index in [9.17, 15) is 18.0 Å². The van der Waals surface area contributed by atoms with E-state index in [0.717, 1.165) is 17.4 Å². The molecule has 2 rings (SSSR count). The first kappa shape index (κ1) is 11.6. The van der Waals surface area contributed by atoms with E-state index in [0.29, 0.717) is 10.8 Å². The van der Waals surface area contributed by atoms with Crippen molar-refractivity contribution in [2.45, 2.75) is 6.18 Å². The molecule has 4 nitrogen and oxygen atoms in total. The minimum Gasteiger partial charge on any atom is -0.478 e. The Bertz CT molecular complexity index is 606. The quantitative estimate of drug-likeness (QED) is 0.828. The molecule has 0 saturated carbocycles. The van der Waals surface area contributed by atoms with Crippen LogP contribution in [-0.4, -0.2) is 16.1 Å². The maximum absolute atomic E-state index is 12.6. The van der Waals surface area contributed by atoms with Crippen LogP contribution in [0.25, 0.3) is 10.2 Å². The van der Waals surface area contributed by atoms with Gasteiger partial charge < -0.3 is 10.8 Å². The average molecular weight is 262 g/mol. The van der Waals surface area contributed by atoms with Gasteiger partial charge in [0.1, 0.15) is 0 Å². The van der Waals surface area contributed by atoms with E-state index in [1.807, 2.05) is 0 Å². The number of thiazole rings is 1. The minimum absolute atomic E-state index is 0.0461. The summed E-state index contributed by atoms with van der Waals surface area (Å²) in [5.41, 5.74) is 3.38. The van der Waals surface area contributed by atoms with Gasteiger partial charge in [0.05, 0.1) is 21.3 Å². The van der Waals surface area contributed by atoms with Crippen LogP contribution >= 0.6 is 11.3 Å². The third kappa shape index (κ3) is 2.03. The first-order valence-electron chi connectivity index (χ1n) is 4.29. The molecule has 0 bridgehead atoms. The molecule has 2 aromatic rings. The normalized spacial score (nSPS) is 11.9. The lowest BCUT2D eigenvalue weighted by Gasteiger charge is -2.09. The number of hydrogen-bond acceptors (Lipinski definition) is 4. The third-order valence-electron chi connectivity index (χ3n) is 2.08. The van der Waals surface area contributed by atoms with Gasteiger partial charge in [0.2, 0.25) is 0 Å². The van der Waals surface area contributed by atoms with Gasteiger partial charge in [0.25, 0.3) is 0 Å². The van der Waals surface area contributed by atoms with Crippen molar-refractivity contribution >= 4 is 32.7 Å². The summed E-state index contributed by atoms with van der Waals surface area (Å²) in [6, 6.07) is 1.64. The van der Waals surface area contributed by atoms with Gasteiger partial charge in [0.15, 0.2) is 5.13 Å². The predicted octanol–water partition coefficient (Wildman–Crippen LogP) is 2.60. The number of anilines is 1. The molecule has 0 atom stereocenters. The number of carbonyl (C=O) groups is 1. The SMILES string of the molecule is Nc1nc2cc(C(F)(F)F)c(C(=O)O)cc2s1. The predicted molar refractivity (Wildman–Crippen MR) is 56.0 cm³/mol. The second-order valence-electron chi connectivity index (χ2n) is 3.22. The fourth-order valence-electron chi connectivity index (χ4n) is 1.40. The van der Waals surface area contributed by atoms with Crippen molar-refractivity contribution in [3.05, 3.63) is 23.3 Å². The second kappa shape index (κ2) is 3.59. The highest BCUT2D eigenvalue weighted by Gasteiger charge is 2.36. The maximum atomic E-state index is 12.6. The monoisotopic (exact) mass is 262 g/mol. The molecule has 8 heteroatoms. The Morgan fingerprint density at radius 3 is 2.59 bits per heavy atom. The highest BCUT2D eigenvalue weighted by molar-refractivity contribution is 7.22. The Morgan fingerprint density at radius 1 is 1.41 bits per heavy atom. The molecule has 0 saturated heterocycles. The fourth-order valence-corrected chi connectivity index (χ4v) is 2.16. The van der Waals surface area contributed by atoms with Gasteiger partial charge in [-0.15, -0.1) is 0 Å². The van der Waals surface area contributed by atoms with Crippen molar-refractivity contribution in [3.63, 3.8) is 0 Å². The molecule has 1 aromatic carbocycles. The largest absolute Gasteiger partial charge is 0.478 e. The molecule has 0 spiro atoms. The summed E-state index contributed by atoms with van der Waals surface area (Å²) in [5, 5.41) is 8.84. The lowest BCUT2D eigenvalue weighted by molar-refractivity contribution is -0.138. The second-order valence-corrected chi connectivity index (χ2v) is 4.28. The number of nitrogen functional groups attached to an aromatic ring is 1. The minimum atomic E-state index is -4.74. The lowest BCUT2D eigenvalue weighted by Crippen LogP contribution is -2.12. The third-order valence-corrected chi connectivity index (χ3v) is 2.93. The van der Waals surface area contributed by atoms with Gasteiger partial charge in [0, 0.05) is 0 Å². The van der Waals surface area contributed by atoms with Crippen molar-refractivity contribution in [3.8, 4) is 0 Å². The standard InChI is InChI=1S/C9H5F3N2O2S/c10-9(11,12)4-2-5-6(17-8(13)14-5)1-3(4)7(15)16/h1-2H,(H2,13,14)(H,15,16). The fraction of sp³-hybridized carbons (Fsp3) is 0.111. The van der Waals surface area contributed by atoms with E-state index in [1.165, 1.54) is 0 Å². The molecule has 0 unspecified atom stereocenters. The summed E-state index contributed by atoms with van der Waals surface area (Å²) in [4.78, 5) is 14.5.